The standard InChI is InChI=1S/C21H17FN2O4/c1-3-4-14-11-13(5-10-18(14)28-2)12-17-19(25)23-21(27)24(20(17)26)16-8-6-15(22)7-9-16/h3,5-12H,1,4H2,2H3,(H,23,25,27)/b17-12+. The Morgan fingerprint density at radius 2 is 1.86 bits per heavy atom. The lowest BCUT2D eigenvalue weighted by atomic mass is 10.0. The van der Waals surface area contributed by atoms with Gasteiger partial charge in [0.25, 0.3) is 11.8 Å². The third-order valence-electron chi connectivity index (χ3n) is 4.17. The number of imide groups is 2. The second-order valence-corrected chi connectivity index (χ2v) is 6.00. The molecule has 6 nitrogen and oxygen atoms in total. The molecule has 0 spiro atoms. The Kier molecular flexibility index (Phi) is 5.35. The molecule has 2 aromatic carbocycles. The van der Waals surface area contributed by atoms with E-state index in [0.717, 1.165) is 22.6 Å². The van der Waals surface area contributed by atoms with Crippen molar-refractivity contribution in [3.63, 3.8) is 0 Å². The normalized spacial score (nSPS) is 15.6. The number of nitrogens with zero attached hydrogens (tertiary/aromatic N) is 1. The molecule has 2 aromatic rings. The van der Waals surface area contributed by atoms with Crippen molar-refractivity contribution >= 4 is 29.6 Å². The van der Waals surface area contributed by atoms with E-state index >= 15 is 0 Å². The lowest BCUT2D eigenvalue weighted by Gasteiger charge is -2.26. The van der Waals surface area contributed by atoms with Crippen LogP contribution in [0.1, 0.15) is 11.1 Å². The predicted molar refractivity (Wildman–Crippen MR) is 102 cm³/mol. The first-order valence-corrected chi connectivity index (χ1v) is 8.39. The number of halogens is 1. The molecule has 1 heterocycles. The van der Waals surface area contributed by atoms with E-state index in [0.29, 0.717) is 17.7 Å². The summed E-state index contributed by atoms with van der Waals surface area (Å²) in [4.78, 5) is 38.0. The van der Waals surface area contributed by atoms with Crippen molar-refractivity contribution in [1.82, 2.24) is 5.32 Å². The van der Waals surface area contributed by atoms with E-state index in [9.17, 15) is 18.8 Å². The fraction of sp³-hybridized carbons (Fsp3) is 0.0952. The molecule has 0 aliphatic carbocycles. The molecule has 0 bridgehead atoms. The highest BCUT2D eigenvalue weighted by Gasteiger charge is 2.36. The number of nitrogens with one attached hydrogen (secondary N) is 1. The number of anilines is 1. The summed E-state index contributed by atoms with van der Waals surface area (Å²) < 4.78 is 18.4. The first kappa shape index (κ1) is 19.0. The molecule has 1 aliphatic rings. The molecular weight excluding hydrogens is 363 g/mol. The average molecular weight is 380 g/mol. The number of methoxy groups -OCH3 is 1. The number of rotatable bonds is 5. The highest BCUT2D eigenvalue weighted by molar-refractivity contribution is 6.39. The summed E-state index contributed by atoms with van der Waals surface area (Å²) in [7, 11) is 1.55. The third kappa shape index (κ3) is 3.68. The Bertz CT molecular complexity index is 996. The smallest absolute Gasteiger partial charge is 0.335 e. The van der Waals surface area contributed by atoms with Gasteiger partial charge in [-0.3, -0.25) is 14.9 Å². The van der Waals surface area contributed by atoms with Crippen molar-refractivity contribution in [3.8, 4) is 5.75 Å². The van der Waals surface area contributed by atoms with Gasteiger partial charge in [0, 0.05) is 0 Å². The van der Waals surface area contributed by atoms with Gasteiger partial charge in [-0.25, -0.2) is 14.1 Å². The van der Waals surface area contributed by atoms with Crippen LogP contribution in [0.15, 0.2) is 60.7 Å². The maximum absolute atomic E-state index is 13.2. The van der Waals surface area contributed by atoms with Crippen LogP contribution >= 0.6 is 0 Å². The van der Waals surface area contributed by atoms with Crippen LogP contribution < -0.4 is 15.0 Å². The van der Waals surface area contributed by atoms with Gasteiger partial charge in [-0.15, -0.1) is 6.58 Å². The van der Waals surface area contributed by atoms with Crippen LogP contribution in [0.5, 0.6) is 5.75 Å². The van der Waals surface area contributed by atoms with Crippen molar-refractivity contribution in [3.05, 3.63) is 77.6 Å². The quantitative estimate of drug-likeness (QED) is 0.491. The molecule has 28 heavy (non-hydrogen) atoms. The first-order chi connectivity index (χ1) is 13.4. The molecule has 1 aliphatic heterocycles. The fourth-order valence-electron chi connectivity index (χ4n) is 2.85. The Hall–Kier alpha value is -3.74. The predicted octanol–water partition coefficient (Wildman–Crippen LogP) is 3.23. The van der Waals surface area contributed by atoms with Crippen molar-refractivity contribution in [1.29, 1.82) is 0 Å². The van der Waals surface area contributed by atoms with Gasteiger partial charge < -0.3 is 4.74 Å². The maximum Gasteiger partial charge on any atom is 0.335 e. The lowest BCUT2D eigenvalue weighted by Crippen LogP contribution is -2.54. The van der Waals surface area contributed by atoms with Gasteiger partial charge >= 0.3 is 6.03 Å². The Morgan fingerprint density at radius 3 is 2.50 bits per heavy atom. The first-order valence-electron chi connectivity index (χ1n) is 8.39. The lowest BCUT2D eigenvalue weighted by molar-refractivity contribution is -0.122. The number of carbonyl (C=O) groups is 3. The minimum atomic E-state index is -0.888. The topological polar surface area (TPSA) is 75.7 Å². The molecule has 0 aromatic heterocycles. The molecule has 0 atom stereocenters. The summed E-state index contributed by atoms with van der Waals surface area (Å²) in [5.41, 5.74) is 1.37. The van der Waals surface area contributed by atoms with Crippen LogP contribution in [0.2, 0.25) is 0 Å². The number of hydrogen-bond donors (Lipinski definition) is 1. The monoisotopic (exact) mass is 380 g/mol. The van der Waals surface area contributed by atoms with E-state index in [4.69, 9.17) is 4.74 Å². The molecule has 142 valence electrons. The van der Waals surface area contributed by atoms with E-state index in [1.165, 1.54) is 18.2 Å². The number of ether oxygens (including phenoxy) is 1. The molecule has 4 amide bonds. The zero-order valence-corrected chi connectivity index (χ0v) is 15.1. The van der Waals surface area contributed by atoms with Crippen LogP contribution in [0.4, 0.5) is 14.9 Å². The molecular formula is C21H17FN2O4. The van der Waals surface area contributed by atoms with Crippen molar-refractivity contribution < 1.29 is 23.5 Å². The number of carbonyl (C=O) groups excluding carboxylic acids is 3. The molecule has 1 N–H and O–H groups in total. The number of benzene rings is 2. The Morgan fingerprint density at radius 1 is 1.14 bits per heavy atom. The van der Waals surface area contributed by atoms with Gasteiger partial charge in [0.15, 0.2) is 0 Å². The van der Waals surface area contributed by atoms with E-state index < -0.39 is 23.7 Å². The van der Waals surface area contributed by atoms with Crippen molar-refractivity contribution in [2.45, 2.75) is 6.42 Å². The molecule has 1 fully saturated rings. The number of allylic oxidation sites excluding steroid dienone is 1. The summed E-state index contributed by atoms with van der Waals surface area (Å²) in [6, 6.07) is 9.12. The molecule has 1 saturated heterocycles. The van der Waals surface area contributed by atoms with Gasteiger partial charge in [0.2, 0.25) is 0 Å². The minimum Gasteiger partial charge on any atom is -0.496 e. The number of amides is 4. The van der Waals surface area contributed by atoms with Gasteiger partial charge in [0.1, 0.15) is 17.1 Å². The van der Waals surface area contributed by atoms with E-state index in [2.05, 4.69) is 11.9 Å². The third-order valence-corrected chi connectivity index (χ3v) is 4.17. The highest BCUT2D eigenvalue weighted by atomic mass is 19.1. The Balaban J connectivity index is 2.00. The number of hydrogen-bond acceptors (Lipinski definition) is 4. The summed E-state index contributed by atoms with van der Waals surface area (Å²) in [5.74, 6) is -1.44. The average Bonchev–Trinajstić information content (AvgIpc) is 2.67. The second-order valence-electron chi connectivity index (χ2n) is 6.00. The molecule has 0 saturated carbocycles. The van der Waals surface area contributed by atoms with Gasteiger partial charge in [0.05, 0.1) is 12.8 Å². The van der Waals surface area contributed by atoms with Gasteiger partial charge in [-0.1, -0.05) is 12.1 Å². The Labute approximate surface area is 160 Å². The van der Waals surface area contributed by atoms with E-state index in [-0.39, 0.29) is 11.3 Å². The van der Waals surface area contributed by atoms with Crippen LogP contribution in [0, 0.1) is 5.82 Å². The van der Waals surface area contributed by atoms with Gasteiger partial charge in [-0.05, 0) is 60.0 Å². The fourth-order valence-corrected chi connectivity index (χ4v) is 2.85. The zero-order chi connectivity index (χ0) is 20.3. The van der Waals surface area contributed by atoms with Crippen LogP contribution in [0.25, 0.3) is 6.08 Å². The molecule has 3 rings (SSSR count). The van der Waals surface area contributed by atoms with Crippen molar-refractivity contribution in [2.24, 2.45) is 0 Å². The zero-order valence-electron chi connectivity index (χ0n) is 15.1. The SMILES string of the molecule is C=CCc1cc(/C=C2\C(=O)NC(=O)N(c3ccc(F)cc3)C2=O)ccc1OC. The molecule has 0 unspecified atom stereocenters. The molecule has 7 heteroatoms. The number of barbiturate groups is 1. The maximum atomic E-state index is 13.2. The largest absolute Gasteiger partial charge is 0.496 e. The highest BCUT2D eigenvalue weighted by Crippen LogP contribution is 2.25. The summed E-state index contributed by atoms with van der Waals surface area (Å²) >= 11 is 0. The second kappa shape index (κ2) is 7.87. The van der Waals surface area contributed by atoms with E-state index in [1.807, 2.05) is 0 Å². The van der Waals surface area contributed by atoms with Crippen LogP contribution in [-0.4, -0.2) is 25.0 Å². The molecule has 0 radical (unpaired) electrons. The minimum absolute atomic E-state index is 0.157. The summed E-state index contributed by atoms with van der Waals surface area (Å²) in [6.07, 6.45) is 3.65. The van der Waals surface area contributed by atoms with Gasteiger partial charge in [-0.2, -0.15) is 0 Å². The van der Waals surface area contributed by atoms with Crippen LogP contribution in [-0.2, 0) is 16.0 Å². The van der Waals surface area contributed by atoms with Crippen molar-refractivity contribution in [2.75, 3.05) is 12.0 Å². The number of urea groups is 1. The summed E-state index contributed by atoms with van der Waals surface area (Å²) in [6.45, 7) is 3.70. The summed E-state index contributed by atoms with van der Waals surface area (Å²) in [5, 5.41) is 2.13. The van der Waals surface area contributed by atoms with Crippen LogP contribution in [0.3, 0.4) is 0 Å². The van der Waals surface area contributed by atoms with E-state index in [1.54, 1.807) is 31.4 Å².